The standard InChI is InChI=1S/C13H19FN2O/c1-10-9-11(6-7-12(10)14)15-8-4-5-13(17)16(2)3/h6-7,9,15H,4-5,8H2,1-3H3. The summed E-state index contributed by atoms with van der Waals surface area (Å²) in [6.45, 7) is 2.45. The first-order valence-corrected chi connectivity index (χ1v) is 5.71. The van der Waals surface area contributed by atoms with Crippen molar-refractivity contribution < 1.29 is 9.18 Å². The highest BCUT2D eigenvalue weighted by atomic mass is 19.1. The number of carbonyl (C=O) groups is 1. The number of aryl methyl sites for hydroxylation is 1. The number of hydrogen-bond donors (Lipinski definition) is 1. The Hall–Kier alpha value is -1.58. The van der Waals surface area contributed by atoms with Crippen LogP contribution in [0.25, 0.3) is 0 Å². The Bertz CT molecular complexity index is 391. The summed E-state index contributed by atoms with van der Waals surface area (Å²) >= 11 is 0. The number of anilines is 1. The maximum atomic E-state index is 13.0. The topological polar surface area (TPSA) is 32.3 Å². The summed E-state index contributed by atoms with van der Waals surface area (Å²) in [7, 11) is 3.50. The van der Waals surface area contributed by atoms with Gasteiger partial charge < -0.3 is 10.2 Å². The number of nitrogens with one attached hydrogen (secondary N) is 1. The summed E-state index contributed by atoms with van der Waals surface area (Å²) in [4.78, 5) is 12.9. The summed E-state index contributed by atoms with van der Waals surface area (Å²) in [5.41, 5.74) is 1.51. The normalized spacial score (nSPS) is 10.1. The molecule has 0 bridgehead atoms. The Labute approximate surface area is 102 Å². The smallest absolute Gasteiger partial charge is 0.222 e. The highest BCUT2D eigenvalue weighted by Gasteiger charge is 2.03. The number of carbonyl (C=O) groups excluding carboxylic acids is 1. The molecule has 1 aromatic rings. The van der Waals surface area contributed by atoms with Gasteiger partial charge >= 0.3 is 0 Å². The summed E-state index contributed by atoms with van der Waals surface area (Å²) in [6.07, 6.45) is 1.30. The van der Waals surface area contributed by atoms with Gasteiger partial charge in [0.15, 0.2) is 0 Å². The molecule has 0 aromatic heterocycles. The summed E-state index contributed by atoms with van der Waals surface area (Å²) in [6, 6.07) is 4.92. The van der Waals surface area contributed by atoms with E-state index in [1.54, 1.807) is 38.1 Å². The molecule has 0 fully saturated rings. The van der Waals surface area contributed by atoms with Crippen LogP contribution in [0.15, 0.2) is 18.2 Å². The van der Waals surface area contributed by atoms with Gasteiger partial charge in [0.05, 0.1) is 0 Å². The van der Waals surface area contributed by atoms with Gasteiger partial charge in [0.2, 0.25) is 5.91 Å². The molecular formula is C13H19FN2O. The lowest BCUT2D eigenvalue weighted by Gasteiger charge is -2.11. The second-order valence-electron chi connectivity index (χ2n) is 4.28. The van der Waals surface area contributed by atoms with E-state index in [1.165, 1.54) is 6.07 Å². The molecule has 0 heterocycles. The molecule has 1 aromatic carbocycles. The van der Waals surface area contributed by atoms with Crippen molar-refractivity contribution in [2.75, 3.05) is 26.0 Å². The van der Waals surface area contributed by atoms with Crippen molar-refractivity contribution in [3.63, 3.8) is 0 Å². The molecule has 4 heteroatoms. The van der Waals surface area contributed by atoms with Crippen LogP contribution in [0.2, 0.25) is 0 Å². The number of hydrogen-bond acceptors (Lipinski definition) is 2. The van der Waals surface area contributed by atoms with E-state index in [-0.39, 0.29) is 11.7 Å². The van der Waals surface area contributed by atoms with E-state index in [4.69, 9.17) is 0 Å². The van der Waals surface area contributed by atoms with Crippen LogP contribution >= 0.6 is 0 Å². The molecule has 3 nitrogen and oxygen atoms in total. The predicted octanol–water partition coefficient (Wildman–Crippen LogP) is 2.41. The third-order valence-corrected chi connectivity index (χ3v) is 2.55. The van der Waals surface area contributed by atoms with Gasteiger partial charge in [-0.1, -0.05) is 0 Å². The van der Waals surface area contributed by atoms with E-state index in [0.29, 0.717) is 18.5 Å². The molecule has 0 atom stereocenters. The Morgan fingerprint density at radius 1 is 1.41 bits per heavy atom. The molecule has 0 aliphatic heterocycles. The average Bonchev–Trinajstić information content (AvgIpc) is 2.28. The van der Waals surface area contributed by atoms with Crippen LogP contribution in [0.5, 0.6) is 0 Å². The van der Waals surface area contributed by atoms with Crippen LogP contribution in [0.4, 0.5) is 10.1 Å². The molecule has 17 heavy (non-hydrogen) atoms. The van der Waals surface area contributed by atoms with Gasteiger partial charge in [0, 0.05) is 32.7 Å². The van der Waals surface area contributed by atoms with Crippen LogP contribution in [-0.2, 0) is 4.79 Å². The lowest BCUT2D eigenvalue weighted by Crippen LogP contribution is -2.22. The Balaban J connectivity index is 2.31. The third kappa shape index (κ3) is 4.43. The van der Waals surface area contributed by atoms with Crippen molar-refractivity contribution in [1.82, 2.24) is 4.90 Å². The molecule has 0 unspecified atom stereocenters. The van der Waals surface area contributed by atoms with E-state index in [1.807, 2.05) is 0 Å². The van der Waals surface area contributed by atoms with E-state index in [2.05, 4.69) is 5.32 Å². The zero-order chi connectivity index (χ0) is 12.8. The fourth-order valence-electron chi connectivity index (χ4n) is 1.45. The van der Waals surface area contributed by atoms with Gasteiger partial charge in [-0.05, 0) is 37.1 Å². The number of amides is 1. The molecule has 0 radical (unpaired) electrons. The maximum Gasteiger partial charge on any atom is 0.222 e. The predicted molar refractivity (Wildman–Crippen MR) is 67.6 cm³/mol. The number of benzene rings is 1. The lowest BCUT2D eigenvalue weighted by atomic mass is 10.2. The van der Waals surface area contributed by atoms with Crippen molar-refractivity contribution in [3.8, 4) is 0 Å². The number of rotatable bonds is 5. The van der Waals surface area contributed by atoms with Crippen molar-refractivity contribution in [1.29, 1.82) is 0 Å². The summed E-state index contributed by atoms with van der Waals surface area (Å²) in [5, 5.41) is 3.17. The van der Waals surface area contributed by atoms with Crippen LogP contribution in [0.3, 0.4) is 0 Å². The molecule has 0 aliphatic carbocycles. The zero-order valence-corrected chi connectivity index (χ0v) is 10.6. The van der Waals surface area contributed by atoms with Gasteiger partial charge in [0.25, 0.3) is 0 Å². The van der Waals surface area contributed by atoms with Gasteiger partial charge in [-0.25, -0.2) is 4.39 Å². The van der Waals surface area contributed by atoms with Gasteiger partial charge in [-0.3, -0.25) is 4.79 Å². The van der Waals surface area contributed by atoms with Crippen LogP contribution < -0.4 is 5.32 Å². The van der Waals surface area contributed by atoms with Crippen molar-refractivity contribution in [3.05, 3.63) is 29.6 Å². The minimum absolute atomic E-state index is 0.127. The second kappa shape index (κ2) is 6.23. The Kier molecular flexibility index (Phi) is 4.94. The molecule has 1 rings (SSSR count). The lowest BCUT2D eigenvalue weighted by molar-refractivity contribution is -0.128. The molecule has 0 aliphatic rings. The van der Waals surface area contributed by atoms with Gasteiger partial charge in [0.1, 0.15) is 5.82 Å². The Morgan fingerprint density at radius 2 is 2.12 bits per heavy atom. The fourth-order valence-corrected chi connectivity index (χ4v) is 1.45. The molecule has 0 saturated carbocycles. The highest BCUT2D eigenvalue weighted by Crippen LogP contribution is 2.13. The first-order valence-electron chi connectivity index (χ1n) is 5.71. The van der Waals surface area contributed by atoms with Crippen molar-refractivity contribution >= 4 is 11.6 Å². The third-order valence-electron chi connectivity index (χ3n) is 2.55. The van der Waals surface area contributed by atoms with Crippen LogP contribution in [-0.4, -0.2) is 31.4 Å². The molecular weight excluding hydrogens is 219 g/mol. The molecule has 0 spiro atoms. The second-order valence-corrected chi connectivity index (χ2v) is 4.28. The minimum Gasteiger partial charge on any atom is -0.385 e. The summed E-state index contributed by atoms with van der Waals surface area (Å²) < 4.78 is 13.0. The summed E-state index contributed by atoms with van der Waals surface area (Å²) in [5.74, 6) is -0.0691. The molecule has 0 saturated heterocycles. The van der Waals surface area contributed by atoms with Crippen LogP contribution in [0.1, 0.15) is 18.4 Å². The first kappa shape index (κ1) is 13.5. The van der Waals surface area contributed by atoms with Gasteiger partial charge in [-0.2, -0.15) is 0 Å². The fraction of sp³-hybridized carbons (Fsp3) is 0.462. The largest absolute Gasteiger partial charge is 0.385 e. The number of nitrogens with zero attached hydrogens (tertiary/aromatic N) is 1. The monoisotopic (exact) mass is 238 g/mol. The average molecular weight is 238 g/mol. The SMILES string of the molecule is Cc1cc(NCCCC(=O)N(C)C)ccc1F. The maximum absolute atomic E-state index is 13.0. The molecule has 1 N–H and O–H groups in total. The van der Waals surface area contributed by atoms with Gasteiger partial charge in [-0.15, -0.1) is 0 Å². The Morgan fingerprint density at radius 3 is 2.71 bits per heavy atom. The van der Waals surface area contributed by atoms with E-state index < -0.39 is 0 Å². The van der Waals surface area contributed by atoms with Crippen molar-refractivity contribution in [2.24, 2.45) is 0 Å². The highest BCUT2D eigenvalue weighted by molar-refractivity contribution is 5.75. The number of halogens is 1. The minimum atomic E-state index is -0.196. The molecule has 94 valence electrons. The first-order chi connectivity index (χ1) is 8.00. The van der Waals surface area contributed by atoms with Crippen molar-refractivity contribution in [2.45, 2.75) is 19.8 Å². The van der Waals surface area contributed by atoms with E-state index in [0.717, 1.165) is 12.1 Å². The van der Waals surface area contributed by atoms with E-state index >= 15 is 0 Å². The molecule has 1 amide bonds. The quantitative estimate of drug-likeness (QED) is 0.799. The zero-order valence-electron chi connectivity index (χ0n) is 10.6. The van der Waals surface area contributed by atoms with E-state index in [9.17, 15) is 9.18 Å². The van der Waals surface area contributed by atoms with Crippen LogP contribution in [0, 0.1) is 12.7 Å².